The van der Waals surface area contributed by atoms with Gasteiger partial charge in [-0.05, 0) is 31.9 Å². The fourth-order valence-corrected chi connectivity index (χ4v) is 3.12. The Kier molecular flexibility index (Phi) is 5.73. The number of urea groups is 1. The van der Waals surface area contributed by atoms with Crippen LogP contribution in [0.3, 0.4) is 0 Å². The molecule has 1 fully saturated rings. The molecule has 0 radical (unpaired) electrons. The maximum Gasteiger partial charge on any atom is 0.317 e. The van der Waals surface area contributed by atoms with E-state index >= 15 is 0 Å². The molecule has 0 aromatic heterocycles. The van der Waals surface area contributed by atoms with Gasteiger partial charge in [-0.2, -0.15) is 0 Å². The van der Waals surface area contributed by atoms with Gasteiger partial charge in [0.1, 0.15) is 0 Å². The SMILES string of the molecule is Cc1ccc(SCCNC(=O)N2CCCC2CO)cc1. The van der Waals surface area contributed by atoms with Gasteiger partial charge in [0.25, 0.3) is 0 Å². The summed E-state index contributed by atoms with van der Waals surface area (Å²) in [4.78, 5) is 14.9. The molecule has 1 aromatic rings. The molecule has 1 aliphatic heterocycles. The first kappa shape index (κ1) is 15.2. The Balaban J connectivity index is 1.68. The van der Waals surface area contributed by atoms with Gasteiger partial charge in [0.15, 0.2) is 0 Å². The van der Waals surface area contributed by atoms with Crippen molar-refractivity contribution >= 4 is 17.8 Å². The Morgan fingerprint density at radius 1 is 1.45 bits per heavy atom. The quantitative estimate of drug-likeness (QED) is 0.647. The van der Waals surface area contributed by atoms with Crippen LogP contribution in [-0.4, -0.2) is 47.5 Å². The van der Waals surface area contributed by atoms with Gasteiger partial charge in [-0.3, -0.25) is 0 Å². The van der Waals surface area contributed by atoms with Crippen molar-refractivity contribution in [1.29, 1.82) is 0 Å². The number of likely N-dealkylation sites (tertiary alicyclic amines) is 1. The van der Waals surface area contributed by atoms with Crippen LogP contribution in [0.25, 0.3) is 0 Å². The van der Waals surface area contributed by atoms with Crippen LogP contribution in [0.2, 0.25) is 0 Å². The maximum absolute atomic E-state index is 12.0. The number of aryl methyl sites for hydroxylation is 1. The van der Waals surface area contributed by atoms with Gasteiger partial charge >= 0.3 is 6.03 Å². The van der Waals surface area contributed by atoms with Crippen LogP contribution in [0.1, 0.15) is 18.4 Å². The van der Waals surface area contributed by atoms with Gasteiger partial charge in [-0.25, -0.2) is 4.79 Å². The lowest BCUT2D eigenvalue weighted by Gasteiger charge is -2.23. The Bertz CT molecular complexity index is 436. The minimum atomic E-state index is -0.0499. The monoisotopic (exact) mass is 294 g/mol. The third-order valence-electron chi connectivity index (χ3n) is 3.52. The molecule has 4 nitrogen and oxygen atoms in total. The van der Waals surface area contributed by atoms with Crippen LogP contribution in [0.4, 0.5) is 4.79 Å². The number of hydrogen-bond donors (Lipinski definition) is 2. The Hall–Kier alpha value is -1.20. The van der Waals surface area contributed by atoms with Gasteiger partial charge in [-0.1, -0.05) is 17.7 Å². The van der Waals surface area contributed by atoms with Crippen LogP contribution >= 0.6 is 11.8 Å². The first-order valence-electron chi connectivity index (χ1n) is 7.05. The highest BCUT2D eigenvalue weighted by molar-refractivity contribution is 7.99. The largest absolute Gasteiger partial charge is 0.394 e. The Morgan fingerprint density at radius 2 is 2.20 bits per heavy atom. The van der Waals surface area contributed by atoms with E-state index in [1.807, 2.05) is 0 Å². The van der Waals surface area contributed by atoms with Gasteiger partial charge < -0.3 is 15.3 Å². The first-order chi connectivity index (χ1) is 9.70. The second kappa shape index (κ2) is 7.55. The highest BCUT2D eigenvalue weighted by Crippen LogP contribution is 2.18. The number of nitrogens with zero attached hydrogens (tertiary/aromatic N) is 1. The summed E-state index contributed by atoms with van der Waals surface area (Å²) in [5.41, 5.74) is 1.26. The second-order valence-corrected chi connectivity index (χ2v) is 6.23. The summed E-state index contributed by atoms with van der Waals surface area (Å²) < 4.78 is 0. The van der Waals surface area contributed by atoms with E-state index in [0.29, 0.717) is 6.54 Å². The number of hydrogen-bond acceptors (Lipinski definition) is 3. The van der Waals surface area contributed by atoms with Crippen molar-refractivity contribution in [2.24, 2.45) is 0 Å². The molecule has 1 heterocycles. The predicted molar refractivity (Wildman–Crippen MR) is 82.1 cm³/mol. The summed E-state index contributed by atoms with van der Waals surface area (Å²) in [7, 11) is 0. The van der Waals surface area contributed by atoms with E-state index in [-0.39, 0.29) is 18.7 Å². The fourth-order valence-electron chi connectivity index (χ4n) is 2.36. The molecule has 0 saturated carbocycles. The van der Waals surface area contributed by atoms with Gasteiger partial charge in [0.2, 0.25) is 0 Å². The standard InChI is InChI=1S/C15H22N2O2S/c1-12-4-6-14(7-5-12)20-10-8-16-15(19)17-9-2-3-13(17)11-18/h4-7,13,18H,2-3,8-11H2,1H3,(H,16,19). The first-order valence-corrected chi connectivity index (χ1v) is 8.04. The van der Waals surface area contributed by atoms with E-state index in [1.165, 1.54) is 10.5 Å². The number of benzene rings is 1. The number of aliphatic hydroxyl groups is 1. The average molecular weight is 294 g/mol. The second-order valence-electron chi connectivity index (χ2n) is 5.07. The number of nitrogens with one attached hydrogen (secondary N) is 1. The molecule has 0 aliphatic carbocycles. The summed E-state index contributed by atoms with van der Waals surface area (Å²) in [6.07, 6.45) is 1.89. The van der Waals surface area contributed by atoms with Crippen LogP contribution < -0.4 is 5.32 Å². The van der Waals surface area contributed by atoms with Crippen LogP contribution in [0, 0.1) is 6.92 Å². The van der Waals surface area contributed by atoms with Crippen molar-refractivity contribution in [2.45, 2.75) is 30.7 Å². The molecule has 0 bridgehead atoms. The summed E-state index contributed by atoms with van der Waals surface area (Å²) in [6, 6.07) is 8.34. The summed E-state index contributed by atoms with van der Waals surface area (Å²) in [6.45, 7) is 3.53. The lowest BCUT2D eigenvalue weighted by molar-refractivity contribution is 0.157. The van der Waals surface area contributed by atoms with E-state index in [2.05, 4.69) is 36.5 Å². The van der Waals surface area contributed by atoms with E-state index in [4.69, 9.17) is 0 Å². The number of thioether (sulfide) groups is 1. The van der Waals surface area contributed by atoms with Crippen molar-refractivity contribution in [3.05, 3.63) is 29.8 Å². The molecule has 1 saturated heterocycles. The lowest BCUT2D eigenvalue weighted by Crippen LogP contribution is -2.44. The van der Waals surface area contributed by atoms with Crippen LogP contribution in [0.15, 0.2) is 29.2 Å². The van der Waals surface area contributed by atoms with E-state index in [9.17, 15) is 9.90 Å². The molecular weight excluding hydrogens is 272 g/mol. The molecule has 1 atom stereocenters. The topological polar surface area (TPSA) is 52.6 Å². The Morgan fingerprint density at radius 3 is 2.90 bits per heavy atom. The highest BCUT2D eigenvalue weighted by atomic mass is 32.2. The van der Waals surface area contributed by atoms with Crippen LogP contribution in [-0.2, 0) is 0 Å². The third-order valence-corrected chi connectivity index (χ3v) is 4.53. The number of amides is 2. The molecule has 1 aromatic carbocycles. The zero-order valence-corrected chi connectivity index (χ0v) is 12.7. The summed E-state index contributed by atoms with van der Waals surface area (Å²) >= 11 is 1.74. The predicted octanol–water partition coefficient (Wildman–Crippen LogP) is 2.25. The normalized spacial score (nSPS) is 18.3. The van der Waals surface area contributed by atoms with Crippen molar-refractivity contribution in [3.8, 4) is 0 Å². The van der Waals surface area contributed by atoms with E-state index in [0.717, 1.165) is 25.1 Å². The summed E-state index contributed by atoms with van der Waals surface area (Å²) in [5.74, 6) is 0.854. The minimum absolute atomic E-state index is 0.000230. The molecule has 1 aliphatic rings. The molecule has 20 heavy (non-hydrogen) atoms. The number of rotatable bonds is 5. The number of carbonyl (C=O) groups excluding carboxylic acids is 1. The van der Waals surface area contributed by atoms with Gasteiger partial charge in [0, 0.05) is 23.7 Å². The van der Waals surface area contributed by atoms with E-state index < -0.39 is 0 Å². The fraction of sp³-hybridized carbons (Fsp3) is 0.533. The van der Waals surface area contributed by atoms with E-state index in [1.54, 1.807) is 16.7 Å². The van der Waals surface area contributed by atoms with Crippen molar-refractivity contribution in [2.75, 3.05) is 25.4 Å². The zero-order valence-electron chi connectivity index (χ0n) is 11.8. The number of carbonyl (C=O) groups is 1. The van der Waals surface area contributed by atoms with Gasteiger partial charge in [-0.15, -0.1) is 11.8 Å². The smallest absolute Gasteiger partial charge is 0.317 e. The number of aliphatic hydroxyl groups excluding tert-OH is 1. The molecule has 0 spiro atoms. The molecule has 1 unspecified atom stereocenters. The molecule has 2 rings (SSSR count). The average Bonchev–Trinajstić information content (AvgIpc) is 2.94. The molecular formula is C15H22N2O2S. The minimum Gasteiger partial charge on any atom is -0.394 e. The van der Waals surface area contributed by atoms with Crippen molar-refractivity contribution in [1.82, 2.24) is 10.2 Å². The molecule has 2 amide bonds. The molecule has 110 valence electrons. The zero-order chi connectivity index (χ0) is 14.4. The molecule has 5 heteroatoms. The lowest BCUT2D eigenvalue weighted by atomic mass is 10.2. The Labute approximate surface area is 124 Å². The highest BCUT2D eigenvalue weighted by Gasteiger charge is 2.27. The van der Waals surface area contributed by atoms with Gasteiger partial charge in [0.05, 0.1) is 12.6 Å². The maximum atomic E-state index is 12.0. The summed E-state index contributed by atoms with van der Waals surface area (Å²) in [5, 5.41) is 12.1. The van der Waals surface area contributed by atoms with Crippen molar-refractivity contribution < 1.29 is 9.90 Å². The van der Waals surface area contributed by atoms with Crippen LogP contribution in [0.5, 0.6) is 0 Å². The molecule has 2 N–H and O–H groups in total. The van der Waals surface area contributed by atoms with Crippen molar-refractivity contribution in [3.63, 3.8) is 0 Å². The third kappa shape index (κ3) is 4.15.